The minimum Gasteiger partial charge on any atom is -0.482 e. The van der Waals surface area contributed by atoms with Gasteiger partial charge in [-0.2, -0.15) is 0 Å². The Morgan fingerprint density at radius 2 is 1.94 bits per heavy atom. The Hall–Kier alpha value is -4.73. The van der Waals surface area contributed by atoms with E-state index in [1.165, 1.54) is 4.90 Å². The van der Waals surface area contributed by atoms with E-state index in [1.807, 2.05) is 6.92 Å². The van der Waals surface area contributed by atoms with Crippen LogP contribution in [-0.2, 0) is 11.2 Å². The van der Waals surface area contributed by atoms with Crippen molar-refractivity contribution in [2.75, 3.05) is 29.2 Å². The van der Waals surface area contributed by atoms with Crippen molar-refractivity contribution in [1.29, 1.82) is 0 Å². The van der Waals surface area contributed by atoms with Gasteiger partial charge in [0, 0.05) is 43.0 Å². The second kappa shape index (κ2) is 8.90. The van der Waals surface area contributed by atoms with Crippen LogP contribution in [0.5, 0.6) is 5.75 Å². The fourth-order valence-corrected chi connectivity index (χ4v) is 3.95. The first-order valence-corrected chi connectivity index (χ1v) is 11.0. The molecule has 1 aromatic carbocycles. The Morgan fingerprint density at radius 1 is 1.14 bits per heavy atom. The van der Waals surface area contributed by atoms with Crippen molar-refractivity contribution in [3.8, 4) is 5.75 Å². The van der Waals surface area contributed by atoms with E-state index in [4.69, 9.17) is 4.74 Å². The van der Waals surface area contributed by atoms with Gasteiger partial charge in [-0.25, -0.2) is 4.98 Å². The van der Waals surface area contributed by atoms with Crippen molar-refractivity contribution in [3.05, 3.63) is 77.9 Å². The molecule has 0 saturated carbocycles. The van der Waals surface area contributed by atoms with Gasteiger partial charge in [0.05, 0.1) is 16.9 Å². The summed E-state index contributed by atoms with van der Waals surface area (Å²) < 4.78 is 7.17. The monoisotopic (exact) mass is 470 g/mol. The van der Waals surface area contributed by atoms with Gasteiger partial charge in [-0.05, 0) is 42.8 Å². The predicted octanol–water partition coefficient (Wildman–Crippen LogP) is 3.15. The zero-order chi connectivity index (χ0) is 24.5. The van der Waals surface area contributed by atoms with Crippen LogP contribution in [0.1, 0.15) is 33.3 Å². The quantitative estimate of drug-likeness (QED) is 0.463. The third-order valence-corrected chi connectivity index (χ3v) is 5.68. The maximum atomic E-state index is 13.1. The van der Waals surface area contributed by atoms with Crippen LogP contribution >= 0.6 is 0 Å². The van der Waals surface area contributed by atoms with Gasteiger partial charge in [0.25, 0.3) is 17.7 Å². The van der Waals surface area contributed by atoms with E-state index >= 15 is 0 Å². The first-order valence-electron chi connectivity index (χ1n) is 11.0. The molecule has 0 spiro atoms. The largest absolute Gasteiger partial charge is 0.482 e. The molecule has 0 saturated heterocycles. The van der Waals surface area contributed by atoms with E-state index in [0.29, 0.717) is 46.1 Å². The Morgan fingerprint density at radius 3 is 2.71 bits per heavy atom. The highest BCUT2D eigenvalue weighted by molar-refractivity contribution is 6.07. The molecular formula is C25H22N6O4. The number of hydrogen-bond donors (Lipinski definition) is 2. The van der Waals surface area contributed by atoms with Crippen LogP contribution < -0.4 is 20.3 Å². The van der Waals surface area contributed by atoms with Crippen LogP contribution in [0.3, 0.4) is 0 Å². The van der Waals surface area contributed by atoms with Gasteiger partial charge in [-0.3, -0.25) is 28.7 Å². The SMILES string of the molecule is CCc1nc2ccc(C(=O)Nc3ccc4c(c3)OCC(=O)N4)cn2c1N(C)C(=O)c1ccncc1. The van der Waals surface area contributed by atoms with Gasteiger partial charge < -0.3 is 15.4 Å². The third kappa shape index (κ3) is 4.17. The summed E-state index contributed by atoms with van der Waals surface area (Å²) in [7, 11) is 1.68. The van der Waals surface area contributed by atoms with Crippen molar-refractivity contribution >= 4 is 40.6 Å². The number of hydrogen-bond acceptors (Lipinski definition) is 6. The molecule has 10 nitrogen and oxygen atoms in total. The van der Waals surface area contributed by atoms with E-state index in [1.54, 1.807) is 72.5 Å². The van der Waals surface area contributed by atoms with Gasteiger partial charge in [-0.15, -0.1) is 0 Å². The highest BCUT2D eigenvalue weighted by Crippen LogP contribution is 2.31. The molecule has 4 heterocycles. The lowest BCUT2D eigenvalue weighted by Crippen LogP contribution is -2.28. The van der Waals surface area contributed by atoms with Crippen molar-refractivity contribution in [1.82, 2.24) is 14.4 Å². The highest BCUT2D eigenvalue weighted by atomic mass is 16.5. The zero-order valence-electron chi connectivity index (χ0n) is 19.1. The summed E-state index contributed by atoms with van der Waals surface area (Å²) in [6, 6.07) is 11.7. The third-order valence-electron chi connectivity index (χ3n) is 5.68. The topological polar surface area (TPSA) is 118 Å². The number of pyridine rings is 2. The number of anilines is 3. The van der Waals surface area contributed by atoms with Crippen molar-refractivity contribution in [3.63, 3.8) is 0 Å². The van der Waals surface area contributed by atoms with Crippen LogP contribution in [0.4, 0.5) is 17.2 Å². The summed E-state index contributed by atoms with van der Waals surface area (Å²) in [6.45, 7) is 1.89. The number of ether oxygens (including phenoxy) is 1. The summed E-state index contributed by atoms with van der Waals surface area (Å²) in [5, 5.41) is 5.56. The first-order chi connectivity index (χ1) is 16.9. The zero-order valence-corrected chi connectivity index (χ0v) is 19.1. The first kappa shape index (κ1) is 22.1. The number of aromatic nitrogens is 3. The predicted molar refractivity (Wildman–Crippen MR) is 130 cm³/mol. The van der Waals surface area contributed by atoms with E-state index in [0.717, 1.165) is 5.69 Å². The maximum absolute atomic E-state index is 13.1. The number of carbonyl (C=O) groups is 3. The molecule has 0 bridgehead atoms. The lowest BCUT2D eigenvalue weighted by Gasteiger charge is -2.19. The standard InChI is InChI=1S/C25H22N6O4/c1-3-18-24(30(2)25(34)15-8-10-26-11-9-15)31-13-16(4-7-21(31)28-18)23(33)27-17-5-6-19-20(12-17)35-14-22(32)29-19/h4-13H,3,14H2,1-2H3,(H,27,33)(H,29,32). The summed E-state index contributed by atoms with van der Waals surface area (Å²) in [5.74, 6) is 0.306. The second-order valence-corrected chi connectivity index (χ2v) is 7.98. The van der Waals surface area contributed by atoms with Crippen LogP contribution in [-0.4, -0.2) is 45.7 Å². The van der Waals surface area contributed by atoms with Gasteiger partial charge >= 0.3 is 0 Å². The number of amides is 3. The molecule has 5 rings (SSSR count). The van der Waals surface area contributed by atoms with Crippen LogP contribution in [0.25, 0.3) is 5.65 Å². The molecule has 35 heavy (non-hydrogen) atoms. The number of benzene rings is 1. The normalized spacial score (nSPS) is 12.5. The lowest BCUT2D eigenvalue weighted by atomic mass is 10.2. The van der Waals surface area contributed by atoms with Crippen molar-refractivity contribution in [2.45, 2.75) is 13.3 Å². The fourth-order valence-electron chi connectivity index (χ4n) is 3.95. The molecule has 3 aromatic heterocycles. The Balaban J connectivity index is 1.45. The lowest BCUT2D eigenvalue weighted by molar-refractivity contribution is -0.118. The number of imidazole rings is 1. The molecular weight excluding hydrogens is 448 g/mol. The molecule has 176 valence electrons. The van der Waals surface area contributed by atoms with Gasteiger partial charge in [0.2, 0.25) is 0 Å². The molecule has 1 aliphatic rings. The van der Waals surface area contributed by atoms with Gasteiger partial charge in [-0.1, -0.05) is 6.92 Å². The molecule has 0 atom stereocenters. The smallest absolute Gasteiger partial charge is 0.262 e. The number of fused-ring (bicyclic) bond motifs is 2. The molecule has 0 unspecified atom stereocenters. The van der Waals surface area contributed by atoms with E-state index < -0.39 is 0 Å². The second-order valence-electron chi connectivity index (χ2n) is 7.98. The number of nitrogens with one attached hydrogen (secondary N) is 2. The minimum absolute atomic E-state index is 0.0734. The Bertz CT molecular complexity index is 1460. The molecule has 0 fully saturated rings. The summed E-state index contributed by atoms with van der Waals surface area (Å²) in [4.78, 5) is 47.7. The summed E-state index contributed by atoms with van der Waals surface area (Å²) in [6.07, 6.45) is 5.41. The molecule has 4 aromatic rings. The van der Waals surface area contributed by atoms with Gasteiger partial charge in [0.1, 0.15) is 17.2 Å². The number of rotatable bonds is 5. The number of carbonyl (C=O) groups excluding carboxylic acids is 3. The maximum Gasteiger partial charge on any atom is 0.262 e. The highest BCUT2D eigenvalue weighted by Gasteiger charge is 2.22. The molecule has 3 amide bonds. The van der Waals surface area contributed by atoms with Crippen molar-refractivity contribution < 1.29 is 19.1 Å². The number of aryl methyl sites for hydroxylation is 1. The Kier molecular flexibility index (Phi) is 5.61. The van der Waals surface area contributed by atoms with E-state index in [9.17, 15) is 14.4 Å². The fraction of sp³-hybridized carbons (Fsp3) is 0.160. The van der Waals surface area contributed by atoms with Crippen LogP contribution in [0, 0.1) is 0 Å². The molecule has 10 heteroatoms. The minimum atomic E-state index is -0.340. The Labute approximate surface area is 200 Å². The van der Waals surface area contributed by atoms with E-state index in [-0.39, 0.29) is 24.3 Å². The molecule has 1 aliphatic heterocycles. The molecule has 2 N–H and O–H groups in total. The van der Waals surface area contributed by atoms with Gasteiger partial charge in [0.15, 0.2) is 6.61 Å². The van der Waals surface area contributed by atoms with Crippen LogP contribution in [0.2, 0.25) is 0 Å². The number of nitrogens with zero attached hydrogens (tertiary/aromatic N) is 4. The summed E-state index contributed by atoms with van der Waals surface area (Å²) in [5.41, 5.74) is 3.32. The summed E-state index contributed by atoms with van der Waals surface area (Å²) >= 11 is 0. The van der Waals surface area contributed by atoms with E-state index in [2.05, 4.69) is 20.6 Å². The average molecular weight is 470 g/mol. The molecule has 0 aliphatic carbocycles. The average Bonchev–Trinajstić information content (AvgIpc) is 3.26. The van der Waals surface area contributed by atoms with Crippen LogP contribution in [0.15, 0.2) is 61.1 Å². The molecule has 0 radical (unpaired) electrons. The van der Waals surface area contributed by atoms with Crippen molar-refractivity contribution in [2.24, 2.45) is 0 Å².